The molecule has 1 aliphatic rings. The van der Waals surface area contributed by atoms with Crippen LogP contribution in [0.15, 0.2) is 121 Å². The summed E-state index contributed by atoms with van der Waals surface area (Å²) >= 11 is 0. The smallest absolute Gasteiger partial charge is 0.242 e. The average Bonchev–Trinajstić information content (AvgIpc) is 3.05. The van der Waals surface area contributed by atoms with E-state index in [0.29, 0.717) is 0 Å². The molecule has 5 rings (SSSR count). The summed E-state index contributed by atoms with van der Waals surface area (Å²) in [6, 6.07) is 37.8. The summed E-state index contributed by atoms with van der Waals surface area (Å²) in [4.78, 5) is 61.6. The maximum Gasteiger partial charge on any atom is 0.242 e. The van der Waals surface area contributed by atoms with Crippen LogP contribution < -0.4 is 0 Å². The van der Waals surface area contributed by atoms with Gasteiger partial charge in [-0.2, -0.15) is 0 Å². The molecule has 4 amide bonds. The monoisotopic (exact) mass is 588 g/mol. The molecule has 0 N–H and O–H groups in total. The van der Waals surface area contributed by atoms with Crippen LogP contribution in [-0.2, 0) is 45.4 Å². The first-order valence-electron chi connectivity index (χ1n) is 14.7. The fraction of sp³-hybridized carbons (Fsp3) is 0.222. The Morgan fingerprint density at radius 1 is 0.318 bits per heavy atom. The lowest BCUT2D eigenvalue weighted by molar-refractivity contribution is -0.151. The highest BCUT2D eigenvalue weighted by atomic mass is 16.2. The van der Waals surface area contributed by atoms with Crippen molar-refractivity contribution in [3.63, 3.8) is 0 Å². The molecular formula is C36H36N4O4. The van der Waals surface area contributed by atoms with Crippen LogP contribution in [0.5, 0.6) is 0 Å². The van der Waals surface area contributed by atoms with Crippen LogP contribution in [0, 0.1) is 0 Å². The number of benzene rings is 4. The van der Waals surface area contributed by atoms with Crippen LogP contribution >= 0.6 is 0 Å². The molecule has 8 nitrogen and oxygen atoms in total. The summed E-state index contributed by atoms with van der Waals surface area (Å²) in [5.74, 6) is -1.36. The quantitative estimate of drug-likeness (QED) is 0.310. The van der Waals surface area contributed by atoms with E-state index in [1.807, 2.05) is 121 Å². The predicted octanol–water partition coefficient (Wildman–Crippen LogP) is 4.12. The summed E-state index contributed by atoms with van der Waals surface area (Å²) in [6.45, 7) is -0.0876. The van der Waals surface area contributed by atoms with Crippen LogP contribution in [0.25, 0.3) is 0 Å². The molecule has 8 heteroatoms. The van der Waals surface area contributed by atoms with Crippen molar-refractivity contribution >= 4 is 23.6 Å². The highest BCUT2D eigenvalue weighted by molar-refractivity contribution is 5.93. The van der Waals surface area contributed by atoms with Gasteiger partial charge in [-0.3, -0.25) is 19.2 Å². The zero-order valence-corrected chi connectivity index (χ0v) is 24.6. The first-order valence-corrected chi connectivity index (χ1v) is 14.7. The molecule has 0 radical (unpaired) electrons. The second-order valence-corrected chi connectivity index (χ2v) is 10.9. The number of hydrogen-bond donors (Lipinski definition) is 0. The van der Waals surface area contributed by atoms with E-state index in [1.54, 1.807) is 0 Å². The molecule has 1 saturated heterocycles. The standard InChI is InChI=1S/C36H36N4O4/c41-33-26-38(22-30-15-7-2-8-16-30)35(43)28-40(24-32-19-11-4-12-20-32)36(44)27-39(23-31-17-9-3-10-18-31)34(42)25-37(33)21-29-13-5-1-6-14-29/h1-20H,21-28H2. The summed E-state index contributed by atoms with van der Waals surface area (Å²) in [7, 11) is 0. The Morgan fingerprint density at radius 2 is 0.500 bits per heavy atom. The average molecular weight is 589 g/mol. The van der Waals surface area contributed by atoms with Crippen molar-refractivity contribution in [1.82, 2.24) is 19.6 Å². The van der Waals surface area contributed by atoms with Gasteiger partial charge in [0, 0.05) is 26.2 Å². The maximum absolute atomic E-state index is 13.9. The third-order valence-electron chi connectivity index (χ3n) is 7.58. The molecule has 0 unspecified atom stereocenters. The van der Waals surface area contributed by atoms with Gasteiger partial charge in [-0.25, -0.2) is 0 Å². The van der Waals surface area contributed by atoms with Crippen molar-refractivity contribution < 1.29 is 19.2 Å². The number of hydrogen-bond acceptors (Lipinski definition) is 4. The minimum atomic E-state index is -0.340. The van der Waals surface area contributed by atoms with Crippen molar-refractivity contribution in [3.8, 4) is 0 Å². The Labute approximate surface area is 258 Å². The van der Waals surface area contributed by atoms with E-state index in [1.165, 1.54) is 19.6 Å². The molecule has 0 aliphatic carbocycles. The first-order chi connectivity index (χ1) is 21.4. The molecule has 0 saturated carbocycles. The molecule has 1 heterocycles. The van der Waals surface area contributed by atoms with Crippen LogP contribution in [0.2, 0.25) is 0 Å². The zero-order valence-electron chi connectivity index (χ0n) is 24.6. The van der Waals surface area contributed by atoms with Gasteiger partial charge in [0.1, 0.15) is 26.2 Å². The molecule has 0 spiro atoms. The molecule has 0 atom stereocenters. The highest BCUT2D eigenvalue weighted by Gasteiger charge is 2.30. The lowest BCUT2D eigenvalue weighted by atomic mass is 10.1. The highest BCUT2D eigenvalue weighted by Crippen LogP contribution is 2.15. The van der Waals surface area contributed by atoms with Gasteiger partial charge in [0.25, 0.3) is 0 Å². The topological polar surface area (TPSA) is 81.2 Å². The van der Waals surface area contributed by atoms with Crippen molar-refractivity contribution in [3.05, 3.63) is 144 Å². The van der Waals surface area contributed by atoms with E-state index in [4.69, 9.17) is 0 Å². The minimum Gasteiger partial charge on any atom is -0.328 e. The van der Waals surface area contributed by atoms with Gasteiger partial charge in [0.05, 0.1) is 0 Å². The van der Waals surface area contributed by atoms with Gasteiger partial charge in [-0.1, -0.05) is 121 Å². The van der Waals surface area contributed by atoms with E-state index in [2.05, 4.69) is 0 Å². The Bertz CT molecular complexity index is 1310. The predicted molar refractivity (Wildman–Crippen MR) is 167 cm³/mol. The Hall–Kier alpha value is -5.24. The van der Waals surface area contributed by atoms with Gasteiger partial charge in [0.15, 0.2) is 0 Å². The van der Waals surface area contributed by atoms with Crippen LogP contribution in [0.3, 0.4) is 0 Å². The van der Waals surface area contributed by atoms with Gasteiger partial charge in [-0.15, -0.1) is 0 Å². The van der Waals surface area contributed by atoms with Crippen LogP contribution in [0.1, 0.15) is 22.3 Å². The summed E-state index contributed by atoms with van der Waals surface area (Å²) in [5, 5.41) is 0. The van der Waals surface area contributed by atoms with Crippen molar-refractivity contribution in [2.45, 2.75) is 26.2 Å². The SMILES string of the molecule is O=C1CN(Cc2ccccc2)C(=O)CN(Cc2ccccc2)C(=O)CN(Cc2ccccc2)C(=O)CN1Cc1ccccc1. The third-order valence-corrected chi connectivity index (χ3v) is 7.58. The number of nitrogens with zero attached hydrogens (tertiary/aromatic N) is 4. The van der Waals surface area contributed by atoms with E-state index < -0.39 is 0 Å². The van der Waals surface area contributed by atoms with Gasteiger partial charge in [0.2, 0.25) is 23.6 Å². The van der Waals surface area contributed by atoms with E-state index >= 15 is 0 Å². The molecule has 0 bridgehead atoms. The van der Waals surface area contributed by atoms with Crippen molar-refractivity contribution in [1.29, 1.82) is 0 Å². The number of carbonyl (C=O) groups excluding carboxylic acids is 4. The third kappa shape index (κ3) is 8.41. The number of rotatable bonds is 8. The molecule has 1 fully saturated rings. The molecule has 44 heavy (non-hydrogen) atoms. The summed E-state index contributed by atoms with van der Waals surface area (Å²) in [5.41, 5.74) is 3.45. The van der Waals surface area contributed by atoms with Gasteiger partial charge >= 0.3 is 0 Å². The maximum atomic E-state index is 13.9. The largest absolute Gasteiger partial charge is 0.328 e. The van der Waals surface area contributed by atoms with Gasteiger partial charge < -0.3 is 19.6 Å². The second-order valence-electron chi connectivity index (χ2n) is 10.9. The number of carbonyl (C=O) groups is 4. The van der Waals surface area contributed by atoms with Gasteiger partial charge in [-0.05, 0) is 22.3 Å². The fourth-order valence-corrected chi connectivity index (χ4v) is 5.20. The molecule has 4 aromatic rings. The molecule has 1 aliphatic heterocycles. The summed E-state index contributed by atoms with van der Waals surface area (Å²) < 4.78 is 0. The minimum absolute atomic E-state index is 0.200. The first kappa shape index (κ1) is 30.2. The normalized spacial score (nSPS) is 15.3. The molecule has 4 aromatic carbocycles. The van der Waals surface area contributed by atoms with Crippen LogP contribution in [0.4, 0.5) is 0 Å². The molecule has 0 aromatic heterocycles. The summed E-state index contributed by atoms with van der Waals surface area (Å²) in [6.07, 6.45) is 0. The molecular weight excluding hydrogens is 552 g/mol. The zero-order chi connectivity index (χ0) is 30.7. The Balaban J connectivity index is 1.49. The van der Waals surface area contributed by atoms with Crippen molar-refractivity contribution in [2.24, 2.45) is 0 Å². The lowest BCUT2D eigenvalue weighted by Crippen LogP contribution is -2.52. The van der Waals surface area contributed by atoms with E-state index in [-0.39, 0.29) is 76.0 Å². The lowest BCUT2D eigenvalue weighted by Gasteiger charge is -2.34. The Morgan fingerprint density at radius 3 is 0.682 bits per heavy atom. The fourth-order valence-electron chi connectivity index (χ4n) is 5.20. The van der Waals surface area contributed by atoms with E-state index in [0.717, 1.165) is 22.3 Å². The molecule has 224 valence electrons. The van der Waals surface area contributed by atoms with Crippen LogP contribution in [-0.4, -0.2) is 69.4 Å². The van der Waals surface area contributed by atoms with Crippen molar-refractivity contribution in [2.75, 3.05) is 26.2 Å². The Kier molecular flexibility index (Phi) is 10.2. The second kappa shape index (κ2) is 14.8. The number of amides is 4. The van der Waals surface area contributed by atoms with E-state index in [9.17, 15) is 19.2 Å².